The normalized spacial score (nSPS) is 19.7. The molecule has 1 atom stereocenters. The molecule has 0 amide bonds. The molecule has 0 heterocycles. The van der Waals surface area contributed by atoms with E-state index in [1.807, 2.05) is 42.5 Å². The number of rotatable bonds is 2. The van der Waals surface area contributed by atoms with Crippen LogP contribution >= 0.6 is 0 Å². The van der Waals surface area contributed by atoms with Crippen LogP contribution in [0.4, 0.5) is 0 Å². The average Bonchev–Trinajstić information content (AvgIpc) is 2.30. The Bertz CT molecular complexity index is 415. The van der Waals surface area contributed by atoms with Crippen LogP contribution in [0, 0.1) is 0 Å². The molecule has 1 aromatic carbocycles. The first-order chi connectivity index (χ1) is 7.27. The van der Waals surface area contributed by atoms with Crippen molar-refractivity contribution in [1.82, 2.24) is 0 Å². The molecule has 0 aromatic heterocycles. The summed E-state index contributed by atoms with van der Waals surface area (Å²) in [7, 11) is 0. The molecule has 1 aliphatic rings. The lowest BCUT2D eigenvalue weighted by atomic mass is 9.90. The summed E-state index contributed by atoms with van der Waals surface area (Å²) < 4.78 is 0. The second-order valence-corrected chi connectivity index (χ2v) is 3.58. The van der Waals surface area contributed by atoms with Crippen molar-refractivity contribution in [2.45, 2.75) is 12.3 Å². The number of allylic oxidation sites excluding steroid dienone is 2. The summed E-state index contributed by atoms with van der Waals surface area (Å²) in [5.41, 5.74) is 1.55. The van der Waals surface area contributed by atoms with E-state index in [-0.39, 0.29) is 5.92 Å². The van der Waals surface area contributed by atoms with E-state index in [1.54, 1.807) is 6.08 Å². The molecule has 0 fully saturated rings. The van der Waals surface area contributed by atoms with Gasteiger partial charge < -0.3 is 5.11 Å². The lowest BCUT2D eigenvalue weighted by molar-refractivity contribution is -0.132. The Kier molecular flexibility index (Phi) is 2.68. The van der Waals surface area contributed by atoms with Crippen LogP contribution in [-0.4, -0.2) is 11.1 Å². The van der Waals surface area contributed by atoms with Gasteiger partial charge in [0.15, 0.2) is 0 Å². The highest BCUT2D eigenvalue weighted by Crippen LogP contribution is 2.26. The number of carboxylic acid groups (broad SMARTS) is 1. The molecule has 0 spiro atoms. The van der Waals surface area contributed by atoms with Gasteiger partial charge in [-0.05, 0) is 12.0 Å². The van der Waals surface area contributed by atoms with Crippen molar-refractivity contribution in [1.29, 1.82) is 0 Å². The van der Waals surface area contributed by atoms with Crippen LogP contribution < -0.4 is 0 Å². The third kappa shape index (κ3) is 2.15. The van der Waals surface area contributed by atoms with Crippen LogP contribution in [-0.2, 0) is 4.79 Å². The SMILES string of the molecule is O=C(O)C1=CC(c2ccccc2)CC=C1. The minimum absolute atomic E-state index is 0.197. The molecule has 2 heteroatoms. The quantitative estimate of drug-likeness (QED) is 0.797. The van der Waals surface area contributed by atoms with Crippen LogP contribution in [0.1, 0.15) is 17.9 Å². The molecule has 1 N–H and O–H groups in total. The van der Waals surface area contributed by atoms with Gasteiger partial charge in [0.25, 0.3) is 0 Å². The summed E-state index contributed by atoms with van der Waals surface area (Å²) >= 11 is 0. The van der Waals surface area contributed by atoms with E-state index in [0.29, 0.717) is 5.57 Å². The van der Waals surface area contributed by atoms with Gasteiger partial charge in [0.1, 0.15) is 0 Å². The maximum absolute atomic E-state index is 10.8. The number of benzene rings is 1. The molecule has 76 valence electrons. The van der Waals surface area contributed by atoms with Crippen molar-refractivity contribution >= 4 is 5.97 Å². The van der Waals surface area contributed by atoms with E-state index in [9.17, 15) is 4.79 Å². The van der Waals surface area contributed by atoms with Gasteiger partial charge in [-0.3, -0.25) is 0 Å². The van der Waals surface area contributed by atoms with Gasteiger partial charge in [-0.1, -0.05) is 48.6 Å². The number of carbonyl (C=O) groups is 1. The summed E-state index contributed by atoms with van der Waals surface area (Å²) in [6.45, 7) is 0. The maximum atomic E-state index is 10.8. The summed E-state index contributed by atoms with van der Waals surface area (Å²) in [6.07, 6.45) is 6.28. The first-order valence-electron chi connectivity index (χ1n) is 4.94. The fourth-order valence-corrected chi connectivity index (χ4v) is 1.76. The van der Waals surface area contributed by atoms with Gasteiger partial charge in [0, 0.05) is 5.92 Å². The van der Waals surface area contributed by atoms with E-state index < -0.39 is 5.97 Å². The van der Waals surface area contributed by atoms with Crippen LogP contribution in [0.5, 0.6) is 0 Å². The van der Waals surface area contributed by atoms with Crippen molar-refractivity contribution in [3.8, 4) is 0 Å². The zero-order valence-corrected chi connectivity index (χ0v) is 8.26. The largest absolute Gasteiger partial charge is 0.478 e. The summed E-state index contributed by atoms with van der Waals surface area (Å²) in [5.74, 6) is -0.658. The molecule has 1 aromatic rings. The highest BCUT2D eigenvalue weighted by Gasteiger charge is 2.14. The van der Waals surface area contributed by atoms with E-state index in [0.717, 1.165) is 6.42 Å². The predicted molar refractivity (Wildman–Crippen MR) is 58.7 cm³/mol. The number of aliphatic carboxylic acids is 1. The molecule has 0 radical (unpaired) electrons. The molecule has 15 heavy (non-hydrogen) atoms. The molecule has 0 saturated carbocycles. The topological polar surface area (TPSA) is 37.3 Å². The molecular weight excluding hydrogens is 188 g/mol. The molecule has 2 rings (SSSR count). The Hall–Kier alpha value is -1.83. The third-order valence-electron chi connectivity index (χ3n) is 2.54. The molecule has 0 saturated heterocycles. The molecular formula is C13H12O2. The van der Waals surface area contributed by atoms with Crippen molar-refractivity contribution in [3.63, 3.8) is 0 Å². The lowest BCUT2D eigenvalue weighted by Gasteiger charge is -2.15. The zero-order valence-electron chi connectivity index (χ0n) is 8.26. The second kappa shape index (κ2) is 4.13. The highest BCUT2D eigenvalue weighted by atomic mass is 16.4. The Morgan fingerprint density at radius 1 is 1.27 bits per heavy atom. The van der Waals surface area contributed by atoms with E-state index in [2.05, 4.69) is 0 Å². The molecule has 0 aliphatic heterocycles. The van der Waals surface area contributed by atoms with Crippen LogP contribution in [0.15, 0.2) is 54.1 Å². The van der Waals surface area contributed by atoms with Gasteiger partial charge in [0.2, 0.25) is 0 Å². The second-order valence-electron chi connectivity index (χ2n) is 3.58. The number of carboxylic acids is 1. The summed E-state index contributed by atoms with van der Waals surface area (Å²) in [6, 6.07) is 9.97. The van der Waals surface area contributed by atoms with Gasteiger partial charge in [0.05, 0.1) is 5.57 Å². The Balaban J connectivity index is 2.27. The van der Waals surface area contributed by atoms with Crippen molar-refractivity contribution in [2.24, 2.45) is 0 Å². The Morgan fingerprint density at radius 2 is 2.00 bits per heavy atom. The first-order valence-corrected chi connectivity index (χ1v) is 4.94. The molecule has 2 nitrogen and oxygen atoms in total. The fourth-order valence-electron chi connectivity index (χ4n) is 1.76. The fraction of sp³-hybridized carbons (Fsp3) is 0.154. The van der Waals surface area contributed by atoms with Crippen LogP contribution in [0.25, 0.3) is 0 Å². The van der Waals surface area contributed by atoms with E-state index in [1.165, 1.54) is 5.56 Å². The van der Waals surface area contributed by atoms with E-state index >= 15 is 0 Å². The highest BCUT2D eigenvalue weighted by molar-refractivity contribution is 5.90. The van der Waals surface area contributed by atoms with Gasteiger partial charge in [-0.25, -0.2) is 4.79 Å². The molecule has 1 unspecified atom stereocenters. The van der Waals surface area contributed by atoms with Gasteiger partial charge in [-0.2, -0.15) is 0 Å². The standard InChI is InChI=1S/C13H12O2/c14-13(15)12-8-4-7-11(9-12)10-5-2-1-3-6-10/h1-6,8-9,11H,7H2,(H,14,15). The molecule has 1 aliphatic carbocycles. The number of hydrogen-bond acceptors (Lipinski definition) is 1. The number of hydrogen-bond donors (Lipinski definition) is 1. The predicted octanol–water partition coefficient (Wildman–Crippen LogP) is 2.74. The van der Waals surface area contributed by atoms with E-state index in [4.69, 9.17) is 5.11 Å². The van der Waals surface area contributed by atoms with Crippen molar-refractivity contribution < 1.29 is 9.90 Å². The maximum Gasteiger partial charge on any atom is 0.335 e. The molecule has 0 bridgehead atoms. The summed E-state index contributed by atoms with van der Waals surface area (Å²) in [4.78, 5) is 10.8. The first kappa shape index (κ1) is 9.71. The zero-order chi connectivity index (χ0) is 10.7. The Morgan fingerprint density at radius 3 is 2.67 bits per heavy atom. The van der Waals surface area contributed by atoms with Gasteiger partial charge >= 0.3 is 5.97 Å². The summed E-state index contributed by atoms with van der Waals surface area (Å²) in [5, 5.41) is 8.88. The van der Waals surface area contributed by atoms with Crippen molar-refractivity contribution in [3.05, 3.63) is 59.7 Å². The third-order valence-corrected chi connectivity index (χ3v) is 2.54. The lowest BCUT2D eigenvalue weighted by Crippen LogP contribution is -2.05. The monoisotopic (exact) mass is 200 g/mol. The van der Waals surface area contributed by atoms with Crippen LogP contribution in [0.3, 0.4) is 0 Å². The minimum Gasteiger partial charge on any atom is -0.478 e. The van der Waals surface area contributed by atoms with Crippen LogP contribution in [0.2, 0.25) is 0 Å². The van der Waals surface area contributed by atoms with Crippen molar-refractivity contribution in [2.75, 3.05) is 0 Å². The minimum atomic E-state index is -0.855. The Labute approximate surface area is 88.6 Å². The smallest absolute Gasteiger partial charge is 0.335 e. The average molecular weight is 200 g/mol. The van der Waals surface area contributed by atoms with Gasteiger partial charge in [-0.15, -0.1) is 0 Å².